The lowest BCUT2D eigenvalue weighted by atomic mass is 10.2. The molecule has 0 aromatic heterocycles. The summed E-state index contributed by atoms with van der Waals surface area (Å²) in [6.07, 6.45) is 7.41. The molecule has 1 amide bonds. The van der Waals surface area contributed by atoms with Crippen molar-refractivity contribution < 1.29 is 13.2 Å². The molecule has 0 atom stereocenters. The summed E-state index contributed by atoms with van der Waals surface area (Å²) in [4.78, 5) is 13.6. The third-order valence-electron chi connectivity index (χ3n) is 3.09. The van der Waals surface area contributed by atoms with Gasteiger partial charge in [0.2, 0.25) is 10.0 Å². The Hall–Kier alpha value is -1.92. The number of carbonyl (C=O) groups is 1. The van der Waals surface area contributed by atoms with E-state index < -0.39 is 10.0 Å². The van der Waals surface area contributed by atoms with Crippen molar-refractivity contribution in [2.45, 2.75) is 18.2 Å². The molecule has 0 radical (unpaired) electrons. The number of carbonyl (C=O) groups excluding carboxylic acids is 1. The van der Waals surface area contributed by atoms with Crippen LogP contribution in [0.25, 0.3) is 0 Å². The number of hydrogen-bond donors (Lipinski definition) is 1. The Kier molecular flexibility index (Phi) is 4.06. The summed E-state index contributed by atoms with van der Waals surface area (Å²) in [5, 5.41) is 5.12. The Morgan fingerprint density at radius 1 is 1.35 bits per heavy atom. The van der Waals surface area contributed by atoms with Crippen molar-refractivity contribution >= 4 is 21.6 Å². The zero-order chi connectivity index (χ0) is 14.8. The molecule has 0 bridgehead atoms. The number of benzene rings is 1. The lowest BCUT2D eigenvalue weighted by molar-refractivity contribution is -0.114. The van der Waals surface area contributed by atoms with E-state index in [2.05, 4.69) is 0 Å². The first-order chi connectivity index (χ1) is 9.43. The van der Waals surface area contributed by atoms with Crippen molar-refractivity contribution in [3.63, 3.8) is 0 Å². The fraction of sp³-hybridized carbons (Fsp3) is 0.214. The molecule has 2 rings (SSSR count). The van der Waals surface area contributed by atoms with Gasteiger partial charge in [-0.3, -0.25) is 4.79 Å². The maximum absolute atomic E-state index is 12.1. The van der Waals surface area contributed by atoms with Crippen LogP contribution in [0.3, 0.4) is 0 Å². The minimum absolute atomic E-state index is 0.0217. The van der Waals surface area contributed by atoms with E-state index >= 15 is 0 Å². The molecular weight excluding hydrogens is 276 g/mol. The van der Waals surface area contributed by atoms with E-state index in [9.17, 15) is 13.2 Å². The highest BCUT2D eigenvalue weighted by Gasteiger charge is 2.24. The summed E-state index contributed by atoms with van der Waals surface area (Å²) in [5.41, 5.74) is 1.57. The van der Waals surface area contributed by atoms with Crippen LogP contribution < -0.4 is 10.0 Å². The van der Waals surface area contributed by atoms with Crippen LogP contribution in [0, 0.1) is 0 Å². The number of amides is 1. The number of nitrogens with two attached hydrogens (primary N) is 1. The minimum atomic E-state index is -3.76. The maximum atomic E-state index is 12.1. The molecule has 0 fully saturated rings. The van der Waals surface area contributed by atoms with Gasteiger partial charge in [-0.2, -0.15) is 0 Å². The van der Waals surface area contributed by atoms with Gasteiger partial charge in [-0.05, 0) is 31.0 Å². The average molecular weight is 292 g/mol. The van der Waals surface area contributed by atoms with Crippen molar-refractivity contribution in [2.24, 2.45) is 5.14 Å². The summed E-state index contributed by atoms with van der Waals surface area (Å²) in [7, 11) is -3.76. The van der Waals surface area contributed by atoms with Gasteiger partial charge in [0.15, 0.2) is 0 Å². The first kappa shape index (κ1) is 14.5. The molecule has 2 N–H and O–H groups in total. The van der Waals surface area contributed by atoms with Gasteiger partial charge >= 0.3 is 0 Å². The van der Waals surface area contributed by atoms with E-state index in [0.29, 0.717) is 18.7 Å². The van der Waals surface area contributed by atoms with Gasteiger partial charge < -0.3 is 4.90 Å². The van der Waals surface area contributed by atoms with Gasteiger partial charge in [0.1, 0.15) is 0 Å². The van der Waals surface area contributed by atoms with Gasteiger partial charge in [0.25, 0.3) is 5.91 Å². The minimum Gasteiger partial charge on any atom is -0.308 e. The Bertz CT molecular complexity index is 690. The normalized spacial score (nSPS) is 15.2. The number of hydrogen-bond acceptors (Lipinski definition) is 3. The van der Waals surface area contributed by atoms with Crippen LogP contribution >= 0.6 is 0 Å². The third-order valence-corrected chi connectivity index (χ3v) is 4.00. The number of primary sulfonamides is 1. The van der Waals surface area contributed by atoms with Crippen LogP contribution in [0.2, 0.25) is 0 Å². The van der Waals surface area contributed by atoms with E-state index in [1.165, 1.54) is 18.2 Å². The Labute approximate surface area is 118 Å². The Morgan fingerprint density at radius 2 is 2.10 bits per heavy atom. The quantitative estimate of drug-likeness (QED) is 0.674. The fourth-order valence-corrected chi connectivity index (χ4v) is 2.64. The summed E-state index contributed by atoms with van der Waals surface area (Å²) in [6.45, 7) is 2.40. The lowest BCUT2D eigenvalue weighted by Gasteiger charge is -2.15. The molecule has 0 saturated heterocycles. The van der Waals surface area contributed by atoms with Crippen LogP contribution in [0.5, 0.6) is 0 Å². The molecular formula is C14H16N2O3S. The van der Waals surface area contributed by atoms with Crippen molar-refractivity contribution in [2.75, 3.05) is 11.4 Å². The van der Waals surface area contributed by atoms with Crippen LogP contribution in [-0.2, 0) is 21.2 Å². The third kappa shape index (κ3) is 2.97. The SMILES string of the molecule is CC=CC=CC(=O)N1CCc2ccc(S(N)(=O)=O)cc21. The smallest absolute Gasteiger partial charge is 0.250 e. The first-order valence-electron chi connectivity index (χ1n) is 6.20. The molecule has 106 valence electrons. The van der Waals surface area contributed by atoms with Crippen molar-refractivity contribution in [1.82, 2.24) is 0 Å². The van der Waals surface area contributed by atoms with E-state index in [1.807, 2.05) is 13.0 Å². The lowest BCUT2D eigenvalue weighted by Crippen LogP contribution is -2.27. The Morgan fingerprint density at radius 3 is 2.75 bits per heavy atom. The molecule has 0 unspecified atom stereocenters. The summed E-state index contributed by atoms with van der Waals surface area (Å²) in [6, 6.07) is 4.63. The molecule has 1 aromatic rings. The predicted molar refractivity (Wildman–Crippen MR) is 77.8 cm³/mol. The first-order valence-corrected chi connectivity index (χ1v) is 7.74. The molecule has 0 spiro atoms. The molecule has 6 heteroatoms. The monoisotopic (exact) mass is 292 g/mol. The van der Waals surface area contributed by atoms with E-state index in [4.69, 9.17) is 5.14 Å². The topological polar surface area (TPSA) is 80.5 Å². The molecule has 1 heterocycles. The van der Waals surface area contributed by atoms with Gasteiger partial charge in [-0.15, -0.1) is 0 Å². The predicted octanol–water partition coefficient (Wildman–Crippen LogP) is 1.36. The number of sulfonamides is 1. The van der Waals surface area contributed by atoms with Crippen molar-refractivity contribution in [3.05, 3.63) is 48.1 Å². The van der Waals surface area contributed by atoms with Gasteiger partial charge in [0.05, 0.1) is 4.90 Å². The van der Waals surface area contributed by atoms with Crippen LogP contribution in [0.4, 0.5) is 5.69 Å². The van der Waals surface area contributed by atoms with E-state index in [-0.39, 0.29) is 10.8 Å². The largest absolute Gasteiger partial charge is 0.308 e. The highest BCUT2D eigenvalue weighted by atomic mass is 32.2. The number of nitrogens with zero attached hydrogens (tertiary/aromatic N) is 1. The van der Waals surface area contributed by atoms with Crippen LogP contribution in [-0.4, -0.2) is 20.9 Å². The van der Waals surface area contributed by atoms with Gasteiger partial charge in [-0.25, -0.2) is 13.6 Å². The Balaban J connectivity index is 2.34. The maximum Gasteiger partial charge on any atom is 0.250 e. The molecule has 1 aromatic carbocycles. The summed E-state index contributed by atoms with van der Waals surface area (Å²) >= 11 is 0. The second-order valence-electron chi connectivity index (χ2n) is 4.46. The summed E-state index contributed by atoms with van der Waals surface area (Å²) < 4.78 is 22.7. The number of allylic oxidation sites excluding steroid dienone is 3. The average Bonchev–Trinajstić information content (AvgIpc) is 2.80. The van der Waals surface area contributed by atoms with Gasteiger partial charge in [0, 0.05) is 18.3 Å². The molecule has 0 saturated carbocycles. The number of fused-ring (bicyclic) bond motifs is 1. The zero-order valence-electron chi connectivity index (χ0n) is 11.1. The number of anilines is 1. The highest BCUT2D eigenvalue weighted by Crippen LogP contribution is 2.30. The standard InChI is InChI=1S/C14H16N2O3S/c1-2-3-4-5-14(17)16-9-8-11-6-7-12(10-13(11)16)20(15,18)19/h2-7,10H,8-9H2,1H3,(H2,15,18,19). The second-order valence-corrected chi connectivity index (χ2v) is 6.02. The number of rotatable bonds is 3. The van der Waals surface area contributed by atoms with Crippen LogP contribution in [0.15, 0.2) is 47.4 Å². The van der Waals surface area contributed by atoms with Crippen LogP contribution in [0.1, 0.15) is 12.5 Å². The highest BCUT2D eigenvalue weighted by molar-refractivity contribution is 7.89. The molecule has 1 aliphatic rings. The zero-order valence-corrected chi connectivity index (χ0v) is 11.9. The molecule has 1 aliphatic heterocycles. The van der Waals surface area contributed by atoms with Crippen molar-refractivity contribution in [3.8, 4) is 0 Å². The van der Waals surface area contributed by atoms with Crippen molar-refractivity contribution in [1.29, 1.82) is 0 Å². The molecule has 20 heavy (non-hydrogen) atoms. The molecule has 5 nitrogen and oxygen atoms in total. The van der Waals surface area contributed by atoms with E-state index in [0.717, 1.165) is 5.56 Å². The van der Waals surface area contributed by atoms with E-state index in [1.54, 1.807) is 23.1 Å². The molecule has 0 aliphatic carbocycles. The second kappa shape index (κ2) is 5.60. The fourth-order valence-electron chi connectivity index (χ4n) is 2.10. The van der Waals surface area contributed by atoms with Gasteiger partial charge in [-0.1, -0.05) is 24.3 Å². The summed E-state index contributed by atoms with van der Waals surface area (Å²) in [5.74, 6) is -0.173.